The number of nitrogens with one attached hydrogen (secondary N) is 6. The van der Waals surface area contributed by atoms with E-state index in [1.165, 1.54) is 14.2 Å². The van der Waals surface area contributed by atoms with Gasteiger partial charge in [0.15, 0.2) is 0 Å². The molecule has 2 aliphatic rings. The minimum atomic E-state index is -0.710. The molecule has 4 aromatic heterocycles. The first kappa shape index (κ1) is 40.2. The van der Waals surface area contributed by atoms with Crippen LogP contribution in [-0.2, 0) is 19.1 Å². The van der Waals surface area contributed by atoms with Crippen molar-refractivity contribution in [2.75, 3.05) is 27.3 Å². The van der Waals surface area contributed by atoms with Crippen LogP contribution in [-0.4, -0.2) is 103 Å². The van der Waals surface area contributed by atoms with E-state index in [0.717, 1.165) is 81.1 Å². The quantitative estimate of drug-likeness (QED) is 0.0788. The number of hydrogen-bond acceptors (Lipinski definition) is 8. The minimum absolute atomic E-state index is 0.123. The number of carbonyl (C=O) groups excluding carboxylic acids is 4. The van der Waals surface area contributed by atoms with E-state index < -0.39 is 24.3 Å². The lowest BCUT2D eigenvalue weighted by atomic mass is 9.94. The van der Waals surface area contributed by atoms with Gasteiger partial charge in [0, 0.05) is 52.9 Å². The van der Waals surface area contributed by atoms with E-state index in [1.54, 1.807) is 0 Å². The molecular weight excluding hydrogens is 765 g/mol. The first-order valence-electron chi connectivity index (χ1n) is 20.6. The van der Waals surface area contributed by atoms with Gasteiger partial charge in [-0.2, -0.15) is 0 Å². The second kappa shape index (κ2) is 16.6. The van der Waals surface area contributed by atoms with Crippen LogP contribution in [0.1, 0.15) is 77.1 Å². The van der Waals surface area contributed by atoms with E-state index in [0.29, 0.717) is 24.7 Å². The van der Waals surface area contributed by atoms with Crippen molar-refractivity contribution < 1.29 is 28.7 Å². The fraction of sp³-hybridized carbons (Fsp3) is 0.409. The highest BCUT2D eigenvalue weighted by molar-refractivity contribution is 6.10. The monoisotopic (exact) mass is 816 g/mol. The maximum absolute atomic E-state index is 13.7. The summed E-state index contributed by atoms with van der Waals surface area (Å²) in [7, 11) is 2.58. The van der Waals surface area contributed by atoms with Gasteiger partial charge >= 0.3 is 12.2 Å². The molecule has 2 saturated heterocycles. The van der Waals surface area contributed by atoms with Crippen molar-refractivity contribution in [3.05, 3.63) is 72.8 Å². The number of alkyl carbamates (subject to hydrolysis) is 2. The number of nitrogens with zero attached hydrogens (tertiary/aromatic N) is 4. The first-order valence-corrected chi connectivity index (χ1v) is 20.6. The molecule has 0 radical (unpaired) electrons. The van der Waals surface area contributed by atoms with Crippen LogP contribution in [0.3, 0.4) is 0 Å². The van der Waals surface area contributed by atoms with E-state index in [9.17, 15) is 19.2 Å². The third kappa shape index (κ3) is 7.34. The van der Waals surface area contributed by atoms with Gasteiger partial charge < -0.3 is 49.8 Å². The lowest BCUT2D eigenvalue weighted by Gasteiger charge is -2.30. The number of rotatable bonds is 11. The third-order valence-electron chi connectivity index (χ3n) is 12.0. The molecule has 6 aromatic rings. The van der Waals surface area contributed by atoms with E-state index in [-0.39, 0.29) is 35.7 Å². The van der Waals surface area contributed by atoms with Gasteiger partial charge in [0.2, 0.25) is 11.8 Å². The standard InChI is InChI=1S/C44H52N10O6/c1-23(2)35(51-43(57)59-5)41(55)53-19-7-9-33(53)39-47-21-31(49-39)26-12-13-27(37-29(26)16-18-45-37)25-11-14-30(38-28(25)15-17-46-38)32-22-48-40(50-32)34-10-8-20-54(34)42(56)36(24(3)4)52-44(58)60-6/h11-18,21-24,33-36,45-46H,7-10,19-20H2,1-6H3,(H,47,49)(H,48,50)(H,51,57)(H,52,58)/t33-,34-,35?,36-/m0/s1. The van der Waals surface area contributed by atoms with Crippen molar-refractivity contribution >= 4 is 45.8 Å². The molecule has 0 saturated carbocycles. The number of carbonyl (C=O) groups is 4. The Morgan fingerprint density at radius 1 is 0.633 bits per heavy atom. The van der Waals surface area contributed by atoms with Crippen LogP contribution in [0.5, 0.6) is 0 Å². The number of ether oxygens (including phenoxy) is 2. The van der Waals surface area contributed by atoms with Crippen molar-refractivity contribution in [2.24, 2.45) is 11.8 Å². The lowest BCUT2D eigenvalue weighted by Crippen LogP contribution is -2.51. The minimum Gasteiger partial charge on any atom is -0.453 e. The number of H-pyrrole nitrogens is 4. The normalized spacial score (nSPS) is 17.8. The molecule has 0 spiro atoms. The number of hydrogen-bond donors (Lipinski definition) is 6. The highest BCUT2D eigenvalue weighted by Crippen LogP contribution is 2.41. The zero-order chi connectivity index (χ0) is 42.2. The highest BCUT2D eigenvalue weighted by atomic mass is 16.5. The summed E-state index contributed by atoms with van der Waals surface area (Å²) in [5.74, 6) is 0.858. The summed E-state index contributed by atoms with van der Waals surface area (Å²) in [6.45, 7) is 8.76. The topological polar surface area (TPSA) is 206 Å². The number of aromatic amines is 4. The van der Waals surface area contributed by atoms with Gasteiger partial charge in [0.25, 0.3) is 0 Å². The van der Waals surface area contributed by atoms with E-state index in [4.69, 9.17) is 19.4 Å². The highest BCUT2D eigenvalue weighted by Gasteiger charge is 2.39. The molecule has 16 nitrogen and oxygen atoms in total. The number of imidazole rings is 2. The second-order valence-electron chi connectivity index (χ2n) is 16.3. The van der Waals surface area contributed by atoms with Crippen LogP contribution in [0, 0.1) is 11.8 Å². The number of amides is 4. The Balaban J connectivity index is 1.05. The smallest absolute Gasteiger partial charge is 0.407 e. The zero-order valence-corrected chi connectivity index (χ0v) is 34.7. The number of methoxy groups -OCH3 is 2. The fourth-order valence-corrected chi connectivity index (χ4v) is 8.90. The van der Waals surface area contributed by atoms with Crippen LogP contribution in [0.15, 0.2) is 61.2 Å². The first-order chi connectivity index (χ1) is 29.0. The average Bonchev–Trinajstić information content (AvgIpc) is 4.10. The van der Waals surface area contributed by atoms with Crippen LogP contribution in [0.2, 0.25) is 0 Å². The molecular formula is C44H52N10O6. The fourth-order valence-electron chi connectivity index (χ4n) is 8.90. The third-order valence-corrected chi connectivity index (χ3v) is 12.0. The number of benzene rings is 2. The predicted molar refractivity (Wildman–Crippen MR) is 226 cm³/mol. The molecule has 1 unspecified atom stereocenters. The van der Waals surface area contributed by atoms with Gasteiger partial charge in [0.05, 0.1) is 61.1 Å². The van der Waals surface area contributed by atoms with Gasteiger partial charge in [-0.1, -0.05) is 52.0 Å². The van der Waals surface area contributed by atoms with Gasteiger partial charge in [0.1, 0.15) is 23.7 Å². The summed E-state index contributed by atoms with van der Waals surface area (Å²) in [4.78, 5) is 78.7. The Hall–Kier alpha value is -6.58. The van der Waals surface area contributed by atoms with Crippen molar-refractivity contribution in [2.45, 2.75) is 77.5 Å². The summed E-state index contributed by atoms with van der Waals surface area (Å²) in [5.41, 5.74) is 7.59. The number of fused-ring (bicyclic) bond motifs is 2. The lowest BCUT2D eigenvalue weighted by molar-refractivity contribution is -0.136. The SMILES string of the molecule is COC(=O)NC(C(=O)N1CCC[C@H]1c1ncc(-c2ccc(-c3ccc(-c4cnc([C@@H]5CCCN5C(=O)[C@@H](NC(=O)OC)C(C)C)[nH]4)c4[nH]ccc34)c3[nH]ccc23)[nH]1)C(C)C. The van der Waals surface area contributed by atoms with Gasteiger partial charge in [-0.3, -0.25) is 9.59 Å². The number of aromatic nitrogens is 6. The Labute approximate surface area is 347 Å². The Morgan fingerprint density at radius 2 is 1.07 bits per heavy atom. The molecule has 16 heteroatoms. The van der Waals surface area contributed by atoms with E-state index >= 15 is 0 Å². The van der Waals surface area contributed by atoms with Crippen molar-refractivity contribution in [1.82, 2.24) is 50.3 Å². The van der Waals surface area contributed by atoms with Crippen molar-refractivity contribution in [3.63, 3.8) is 0 Å². The van der Waals surface area contributed by atoms with Crippen molar-refractivity contribution in [3.8, 4) is 33.6 Å². The van der Waals surface area contributed by atoms with Crippen LogP contribution >= 0.6 is 0 Å². The Kier molecular flexibility index (Phi) is 11.1. The summed E-state index contributed by atoms with van der Waals surface area (Å²) >= 11 is 0. The second-order valence-corrected chi connectivity index (χ2v) is 16.3. The summed E-state index contributed by atoms with van der Waals surface area (Å²) < 4.78 is 9.58. The van der Waals surface area contributed by atoms with Gasteiger partial charge in [-0.25, -0.2) is 19.6 Å². The van der Waals surface area contributed by atoms with Crippen molar-refractivity contribution in [1.29, 1.82) is 0 Å². The molecule has 0 aliphatic carbocycles. The molecule has 2 fully saturated rings. The van der Waals surface area contributed by atoms with Gasteiger partial charge in [-0.15, -0.1) is 0 Å². The van der Waals surface area contributed by atoms with Crippen LogP contribution < -0.4 is 10.6 Å². The Bertz CT molecular complexity index is 2370. The largest absolute Gasteiger partial charge is 0.453 e. The molecule has 6 N–H and O–H groups in total. The molecule has 2 aromatic carbocycles. The molecule has 4 amide bonds. The molecule has 8 rings (SSSR count). The summed E-state index contributed by atoms with van der Waals surface area (Å²) in [6, 6.07) is 10.7. The van der Waals surface area contributed by atoms with Crippen LogP contribution in [0.25, 0.3) is 55.4 Å². The number of likely N-dealkylation sites (tertiary alicyclic amines) is 2. The van der Waals surface area contributed by atoms with Gasteiger partial charge in [-0.05, 0) is 55.2 Å². The molecule has 0 bridgehead atoms. The van der Waals surface area contributed by atoms with E-state index in [2.05, 4.69) is 67.0 Å². The molecule has 6 heterocycles. The average molecular weight is 817 g/mol. The molecule has 2 aliphatic heterocycles. The Morgan fingerprint density at radius 3 is 1.57 bits per heavy atom. The zero-order valence-electron chi connectivity index (χ0n) is 34.7. The summed E-state index contributed by atoms with van der Waals surface area (Å²) in [5, 5.41) is 7.48. The van der Waals surface area contributed by atoms with E-state index in [1.807, 2.05) is 62.3 Å². The molecule has 314 valence electrons. The predicted octanol–water partition coefficient (Wildman–Crippen LogP) is 7.18. The summed E-state index contributed by atoms with van der Waals surface area (Å²) in [6.07, 6.45) is 9.43. The molecule has 60 heavy (non-hydrogen) atoms. The molecule has 4 atom stereocenters. The maximum Gasteiger partial charge on any atom is 0.407 e. The van der Waals surface area contributed by atoms with Crippen LogP contribution in [0.4, 0.5) is 9.59 Å². The maximum atomic E-state index is 13.7.